The lowest BCUT2D eigenvalue weighted by Crippen LogP contribution is -2.57. The van der Waals surface area contributed by atoms with Crippen LogP contribution in [0, 0.1) is 5.92 Å². The maximum Gasteiger partial charge on any atom is 0.251 e. The Hall–Kier alpha value is -1.94. The summed E-state index contributed by atoms with van der Waals surface area (Å²) in [5.74, 6) is 0.695. The van der Waals surface area contributed by atoms with Crippen molar-refractivity contribution in [3.8, 4) is 0 Å². The number of pyridine rings is 1. The average Bonchev–Trinajstić information content (AvgIpc) is 2.55. The van der Waals surface area contributed by atoms with E-state index in [2.05, 4.69) is 15.2 Å². The van der Waals surface area contributed by atoms with E-state index in [4.69, 9.17) is 0 Å². The Balaban J connectivity index is 1.53. The number of benzene rings is 1. The first-order chi connectivity index (χ1) is 10.3. The summed E-state index contributed by atoms with van der Waals surface area (Å²) in [7, 11) is 0. The highest BCUT2D eigenvalue weighted by molar-refractivity contribution is 5.98. The smallest absolute Gasteiger partial charge is 0.251 e. The minimum Gasteiger partial charge on any atom is -0.348 e. The van der Waals surface area contributed by atoms with Gasteiger partial charge in [-0.1, -0.05) is 6.07 Å². The predicted molar refractivity (Wildman–Crippen MR) is 82.2 cm³/mol. The van der Waals surface area contributed by atoms with Crippen LogP contribution in [0.3, 0.4) is 0 Å². The Kier molecular flexibility index (Phi) is 3.11. The molecule has 3 aliphatic rings. The normalized spacial score (nSPS) is 27.7. The fraction of sp³-hybridized carbons (Fsp3) is 0.412. The molecule has 1 amide bonds. The lowest BCUT2D eigenvalue weighted by atomic mass is 9.84. The topological polar surface area (TPSA) is 45.2 Å². The molecule has 3 fully saturated rings. The highest BCUT2D eigenvalue weighted by Crippen LogP contribution is 2.27. The molecule has 5 rings (SSSR count). The molecule has 1 aromatic carbocycles. The first kappa shape index (κ1) is 12.8. The minimum atomic E-state index is 0.0412. The van der Waals surface area contributed by atoms with Gasteiger partial charge in [0.05, 0.1) is 5.52 Å². The van der Waals surface area contributed by atoms with E-state index < -0.39 is 0 Å². The third-order valence-electron chi connectivity index (χ3n) is 4.84. The molecule has 4 heterocycles. The number of nitrogens with one attached hydrogen (secondary N) is 1. The molecule has 0 radical (unpaired) electrons. The highest BCUT2D eigenvalue weighted by atomic mass is 16.1. The van der Waals surface area contributed by atoms with Gasteiger partial charge >= 0.3 is 0 Å². The van der Waals surface area contributed by atoms with Gasteiger partial charge in [-0.2, -0.15) is 0 Å². The number of hydrogen-bond donors (Lipinski definition) is 1. The molecule has 2 aromatic rings. The quantitative estimate of drug-likeness (QED) is 0.916. The van der Waals surface area contributed by atoms with E-state index in [1.54, 1.807) is 6.20 Å². The second-order valence-corrected chi connectivity index (χ2v) is 6.13. The molecule has 0 spiro atoms. The Morgan fingerprint density at radius 1 is 1.24 bits per heavy atom. The zero-order valence-corrected chi connectivity index (χ0v) is 12.0. The van der Waals surface area contributed by atoms with Gasteiger partial charge in [-0.3, -0.25) is 9.78 Å². The third kappa shape index (κ3) is 2.40. The summed E-state index contributed by atoms with van der Waals surface area (Å²) in [5.41, 5.74) is 1.66. The number of piperidine rings is 3. The number of hydrogen-bond acceptors (Lipinski definition) is 3. The summed E-state index contributed by atoms with van der Waals surface area (Å²) in [5, 5.41) is 4.24. The van der Waals surface area contributed by atoms with Crippen molar-refractivity contribution >= 4 is 16.8 Å². The molecule has 1 N–H and O–H groups in total. The van der Waals surface area contributed by atoms with Gasteiger partial charge in [0.1, 0.15) is 0 Å². The molecule has 21 heavy (non-hydrogen) atoms. The first-order valence-electron chi connectivity index (χ1n) is 7.67. The summed E-state index contributed by atoms with van der Waals surface area (Å²) >= 11 is 0. The molecule has 2 bridgehead atoms. The molecule has 108 valence electrons. The van der Waals surface area contributed by atoms with Crippen molar-refractivity contribution in [2.45, 2.75) is 18.9 Å². The van der Waals surface area contributed by atoms with Crippen molar-refractivity contribution in [1.29, 1.82) is 0 Å². The average molecular weight is 281 g/mol. The number of rotatable bonds is 2. The molecule has 0 unspecified atom stereocenters. The molecule has 4 nitrogen and oxygen atoms in total. The maximum atomic E-state index is 12.5. The van der Waals surface area contributed by atoms with Gasteiger partial charge in [0, 0.05) is 29.7 Å². The van der Waals surface area contributed by atoms with Crippen LogP contribution in [0.2, 0.25) is 0 Å². The monoisotopic (exact) mass is 281 g/mol. The third-order valence-corrected chi connectivity index (χ3v) is 4.84. The van der Waals surface area contributed by atoms with Crippen LogP contribution in [-0.2, 0) is 0 Å². The highest BCUT2D eigenvalue weighted by Gasteiger charge is 2.34. The maximum absolute atomic E-state index is 12.5. The molecule has 4 heteroatoms. The lowest BCUT2D eigenvalue weighted by molar-refractivity contribution is 0.0620. The van der Waals surface area contributed by atoms with Gasteiger partial charge in [-0.05, 0) is 56.1 Å². The van der Waals surface area contributed by atoms with Crippen molar-refractivity contribution in [1.82, 2.24) is 15.2 Å². The number of aromatic nitrogens is 1. The summed E-state index contributed by atoms with van der Waals surface area (Å²) < 4.78 is 0. The number of amides is 1. The van der Waals surface area contributed by atoms with Crippen molar-refractivity contribution in [2.24, 2.45) is 5.92 Å². The molecule has 0 aliphatic carbocycles. The Labute approximate surface area is 124 Å². The SMILES string of the molecule is O=C(N[C@H]1CN2CCC1CC2)c1ccc2ncccc2c1. The zero-order chi connectivity index (χ0) is 14.2. The standard InChI is InChI=1S/C17H19N3O/c21-17(19-16-11-20-8-5-12(16)6-9-20)14-3-4-15-13(10-14)2-1-7-18-15/h1-4,7,10,12,16H,5-6,8-9,11H2,(H,19,21)/t16-/m0/s1. The fourth-order valence-electron chi connectivity index (χ4n) is 3.60. The number of nitrogens with zero attached hydrogens (tertiary/aromatic N) is 2. The van der Waals surface area contributed by atoms with E-state index in [9.17, 15) is 4.79 Å². The Morgan fingerprint density at radius 2 is 2.10 bits per heavy atom. The minimum absolute atomic E-state index is 0.0412. The fourth-order valence-corrected chi connectivity index (χ4v) is 3.60. The van der Waals surface area contributed by atoms with Crippen molar-refractivity contribution in [3.63, 3.8) is 0 Å². The molecular formula is C17H19N3O. The van der Waals surface area contributed by atoms with E-state index in [0.29, 0.717) is 12.0 Å². The number of carbonyl (C=O) groups excluding carboxylic acids is 1. The van der Waals surface area contributed by atoms with Crippen LogP contribution in [0.25, 0.3) is 10.9 Å². The van der Waals surface area contributed by atoms with Crippen LogP contribution in [0.5, 0.6) is 0 Å². The molecule has 3 aliphatic heterocycles. The van der Waals surface area contributed by atoms with Crippen LogP contribution >= 0.6 is 0 Å². The van der Waals surface area contributed by atoms with Crippen molar-refractivity contribution in [2.75, 3.05) is 19.6 Å². The lowest BCUT2D eigenvalue weighted by Gasteiger charge is -2.44. The molecule has 3 saturated heterocycles. The van der Waals surface area contributed by atoms with E-state index in [-0.39, 0.29) is 5.91 Å². The zero-order valence-electron chi connectivity index (χ0n) is 12.0. The van der Waals surface area contributed by atoms with Crippen molar-refractivity contribution in [3.05, 3.63) is 42.1 Å². The van der Waals surface area contributed by atoms with Gasteiger partial charge in [-0.25, -0.2) is 0 Å². The molecule has 0 saturated carbocycles. The van der Waals surface area contributed by atoms with Crippen LogP contribution in [-0.4, -0.2) is 41.5 Å². The molecular weight excluding hydrogens is 262 g/mol. The van der Waals surface area contributed by atoms with Gasteiger partial charge in [0.15, 0.2) is 0 Å². The van der Waals surface area contributed by atoms with Crippen LogP contribution in [0.15, 0.2) is 36.5 Å². The Bertz CT molecular complexity index is 677. The van der Waals surface area contributed by atoms with E-state index in [1.165, 1.54) is 25.9 Å². The van der Waals surface area contributed by atoms with Crippen LogP contribution < -0.4 is 5.32 Å². The van der Waals surface area contributed by atoms with Gasteiger partial charge < -0.3 is 10.2 Å². The van der Waals surface area contributed by atoms with Gasteiger partial charge in [-0.15, -0.1) is 0 Å². The molecule has 1 atom stereocenters. The first-order valence-corrected chi connectivity index (χ1v) is 7.67. The summed E-state index contributed by atoms with van der Waals surface area (Å²) in [6, 6.07) is 9.92. The number of fused-ring (bicyclic) bond motifs is 4. The predicted octanol–water partition coefficient (Wildman–Crippen LogP) is 2.06. The van der Waals surface area contributed by atoms with Crippen molar-refractivity contribution < 1.29 is 4.79 Å². The summed E-state index contributed by atoms with van der Waals surface area (Å²) in [4.78, 5) is 19.2. The summed E-state index contributed by atoms with van der Waals surface area (Å²) in [6.07, 6.45) is 4.20. The van der Waals surface area contributed by atoms with Gasteiger partial charge in [0.25, 0.3) is 5.91 Å². The Morgan fingerprint density at radius 3 is 2.86 bits per heavy atom. The summed E-state index contributed by atoms with van der Waals surface area (Å²) in [6.45, 7) is 3.39. The van der Waals surface area contributed by atoms with Crippen LogP contribution in [0.4, 0.5) is 0 Å². The van der Waals surface area contributed by atoms with Gasteiger partial charge in [0.2, 0.25) is 0 Å². The second kappa shape index (κ2) is 5.11. The van der Waals surface area contributed by atoms with E-state index in [1.807, 2.05) is 30.3 Å². The molecule has 1 aromatic heterocycles. The van der Waals surface area contributed by atoms with E-state index in [0.717, 1.165) is 23.0 Å². The largest absolute Gasteiger partial charge is 0.348 e. The second-order valence-electron chi connectivity index (χ2n) is 6.13. The van der Waals surface area contributed by atoms with Crippen LogP contribution in [0.1, 0.15) is 23.2 Å². The number of carbonyl (C=O) groups is 1. The van der Waals surface area contributed by atoms with E-state index >= 15 is 0 Å².